The third kappa shape index (κ3) is 3.47. The van der Waals surface area contributed by atoms with Crippen molar-refractivity contribution in [3.63, 3.8) is 0 Å². The van der Waals surface area contributed by atoms with Crippen molar-refractivity contribution in [2.24, 2.45) is 0 Å². The maximum absolute atomic E-state index is 12.7. The third-order valence-electron chi connectivity index (χ3n) is 3.97. The van der Waals surface area contributed by atoms with Gasteiger partial charge in [-0.25, -0.2) is 4.79 Å². The van der Waals surface area contributed by atoms with E-state index in [0.29, 0.717) is 5.69 Å². The zero-order valence-corrected chi connectivity index (χ0v) is 14.9. The molecule has 0 saturated carbocycles. The number of ether oxygens (including phenoxy) is 1. The molecule has 1 aromatic heterocycles. The zero-order chi connectivity index (χ0) is 19.2. The van der Waals surface area contributed by atoms with Crippen LogP contribution in [0.2, 0.25) is 0 Å². The molecule has 2 N–H and O–H groups in total. The van der Waals surface area contributed by atoms with Crippen LogP contribution in [-0.2, 0) is 16.9 Å². The van der Waals surface area contributed by atoms with E-state index in [1.165, 1.54) is 0 Å². The van der Waals surface area contributed by atoms with Gasteiger partial charge in [0.2, 0.25) is 0 Å². The highest BCUT2D eigenvalue weighted by atomic mass is 16.6. The first kappa shape index (κ1) is 19.2. The van der Waals surface area contributed by atoms with Crippen LogP contribution in [0.15, 0.2) is 12.3 Å². The van der Waals surface area contributed by atoms with Crippen LogP contribution >= 0.6 is 0 Å². The van der Waals surface area contributed by atoms with Crippen molar-refractivity contribution >= 4 is 27.5 Å². The van der Waals surface area contributed by atoms with E-state index in [1.54, 1.807) is 36.5 Å². The first-order valence-corrected chi connectivity index (χ1v) is 7.82. The molecule has 25 heavy (non-hydrogen) atoms. The second kappa shape index (κ2) is 5.99. The van der Waals surface area contributed by atoms with Crippen LogP contribution in [0.1, 0.15) is 32.0 Å². The normalized spacial score (nSPS) is 22.2. The quantitative estimate of drug-likeness (QED) is 0.392. The number of hydrogen-bond donors (Lipinski definition) is 2. The molecule has 0 spiro atoms. The average Bonchev–Trinajstić information content (AvgIpc) is 2.43. The molecule has 1 aliphatic rings. The fourth-order valence-corrected chi connectivity index (χ4v) is 3.04. The van der Waals surface area contributed by atoms with Gasteiger partial charge >= 0.3 is 6.09 Å². The number of pyridine rings is 1. The summed E-state index contributed by atoms with van der Waals surface area (Å²) in [4.78, 5) is 28.2. The maximum Gasteiger partial charge on any atom is 0.412 e. The summed E-state index contributed by atoms with van der Waals surface area (Å²) >= 11 is 0. The van der Waals surface area contributed by atoms with E-state index in [9.17, 15) is 25.1 Å². The number of aliphatic hydroxyl groups excluding tert-OH is 1. The van der Waals surface area contributed by atoms with Crippen LogP contribution in [-0.4, -0.2) is 64.4 Å². The molecule has 0 fully saturated rings. The number of aromatic nitrogens is 1. The Kier molecular flexibility index (Phi) is 4.60. The van der Waals surface area contributed by atoms with Gasteiger partial charge in [0, 0.05) is 17.3 Å². The Labute approximate surface area is 147 Å². The Hall–Kier alpha value is -2.13. The number of aliphatic hydroxyl groups is 2. The largest absolute Gasteiger partial charge is 0.444 e. The Balaban J connectivity index is 2.62. The number of hydrogen-bond acceptors (Lipinski definition) is 7. The molecule has 11 heteroatoms. The molecule has 1 unspecified atom stereocenters. The minimum absolute atomic E-state index is 0.0226. The van der Waals surface area contributed by atoms with Gasteiger partial charge in [-0.15, -0.1) is 0 Å². The molecule has 0 bridgehead atoms. The van der Waals surface area contributed by atoms with Crippen molar-refractivity contribution in [3.05, 3.63) is 33.6 Å². The number of nitrogens with zero attached hydrogens (tertiary/aromatic N) is 3. The van der Waals surface area contributed by atoms with E-state index in [0.717, 1.165) is 17.2 Å². The Morgan fingerprint density at radius 3 is 2.60 bits per heavy atom. The van der Waals surface area contributed by atoms with Crippen molar-refractivity contribution in [2.45, 2.75) is 43.9 Å². The minimum Gasteiger partial charge on any atom is -0.444 e. The molecule has 1 aliphatic heterocycles. The van der Waals surface area contributed by atoms with Gasteiger partial charge in [-0.2, -0.15) is 0 Å². The van der Waals surface area contributed by atoms with Crippen molar-refractivity contribution in [1.82, 2.24) is 9.88 Å². The predicted octanol–water partition coefficient (Wildman–Crippen LogP) is -1.16. The number of rotatable bonds is 2. The van der Waals surface area contributed by atoms with E-state index >= 15 is 0 Å². The highest BCUT2D eigenvalue weighted by Crippen LogP contribution is 2.40. The lowest BCUT2D eigenvalue weighted by Crippen LogP contribution is -2.68. The van der Waals surface area contributed by atoms with Gasteiger partial charge in [0.15, 0.2) is 5.72 Å². The summed E-state index contributed by atoms with van der Waals surface area (Å²) in [7, 11) is 3.40. The number of amides is 1. The lowest BCUT2D eigenvalue weighted by Gasteiger charge is -2.52. The smallest absolute Gasteiger partial charge is 0.412 e. The van der Waals surface area contributed by atoms with Gasteiger partial charge in [0.1, 0.15) is 27.5 Å². The highest BCUT2D eigenvalue weighted by molar-refractivity contribution is 6.41. The maximum atomic E-state index is 12.7. The first-order chi connectivity index (χ1) is 11.3. The molecule has 134 valence electrons. The Morgan fingerprint density at radius 1 is 1.52 bits per heavy atom. The number of carbonyl (C=O) groups excluding carboxylic acids is 1. The molecule has 2 rings (SSSR count). The van der Waals surface area contributed by atoms with Crippen molar-refractivity contribution in [1.29, 1.82) is 0 Å². The summed E-state index contributed by atoms with van der Waals surface area (Å²) in [5, 5.41) is 31.1. The van der Waals surface area contributed by atoms with Crippen LogP contribution in [0.4, 0.5) is 10.5 Å². The lowest BCUT2D eigenvalue weighted by molar-refractivity contribution is -0.385. The molecule has 0 radical (unpaired) electrons. The van der Waals surface area contributed by atoms with Crippen LogP contribution in [0.5, 0.6) is 0 Å². The molecule has 1 aromatic rings. The van der Waals surface area contributed by atoms with Crippen LogP contribution < -0.4 is 0 Å². The van der Waals surface area contributed by atoms with E-state index in [-0.39, 0.29) is 17.7 Å². The third-order valence-corrected chi connectivity index (χ3v) is 3.97. The molecule has 9 nitrogen and oxygen atoms in total. The molecular formula is C14H21B2N3O6. The van der Waals surface area contributed by atoms with Crippen molar-refractivity contribution < 1.29 is 24.7 Å². The fourth-order valence-electron chi connectivity index (χ4n) is 3.04. The molecule has 2 heterocycles. The molecule has 0 saturated heterocycles. The monoisotopic (exact) mass is 349 g/mol. The van der Waals surface area contributed by atoms with Gasteiger partial charge in [0.05, 0.1) is 11.5 Å². The van der Waals surface area contributed by atoms with E-state index < -0.39 is 34.3 Å². The van der Waals surface area contributed by atoms with Gasteiger partial charge < -0.3 is 14.9 Å². The topological polar surface area (TPSA) is 126 Å². The zero-order valence-electron chi connectivity index (χ0n) is 14.9. The number of nitro groups is 1. The number of carbonyl (C=O) groups is 1. The summed E-state index contributed by atoms with van der Waals surface area (Å²) in [6.07, 6.45) is 0.503. The van der Waals surface area contributed by atoms with Crippen LogP contribution in [0.3, 0.4) is 0 Å². The summed E-state index contributed by atoms with van der Waals surface area (Å²) in [5.74, 6) is 0. The van der Waals surface area contributed by atoms with E-state index in [1.807, 2.05) is 0 Å². The standard InChI is InChI=1S/C14H21B2N3O6/c1-12(2,3)25-11(21)18-13(22,7-20)9-4-8(19(23)24)6-17-10(9)5-14(18,15)16/h4,6,20,22H,5,7,15-16H2,1-3H3. The van der Waals surface area contributed by atoms with Gasteiger partial charge in [-0.3, -0.25) is 20.0 Å². The van der Waals surface area contributed by atoms with E-state index in [2.05, 4.69) is 4.98 Å². The molecule has 1 atom stereocenters. The molecule has 0 aliphatic carbocycles. The second-order valence-corrected chi connectivity index (χ2v) is 7.72. The number of fused-ring (bicyclic) bond motifs is 1. The minimum atomic E-state index is -2.18. The van der Waals surface area contributed by atoms with Gasteiger partial charge in [-0.1, -0.05) is 0 Å². The van der Waals surface area contributed by atoms with Crippen molar-refractivity contribution in [3.8, 4) is 0 Å². The summed E-state index contributed by atoms with van der Waals surface area (Å²) in [6, 6.07) is 1.13. The lowest BCUT2D eigenvalue weighted by atomic mass is 9.55. The van der Waals surface area contributed by atoms with Crippen LogP contribution in [0.25, 0.3) is 0 Å². The summed E-state index contributed by atoms with van der Waals surface area (Å²) < 4.78 is 5.36. The SMILES string of the molecule is BC1(B)Cc2ncc([N+](=O)[O-])cc2C(O)(CO)N1C(=O)OC(C)(C)C. The molecule has 0 aromatic carbocycles. The summed E-state index contributed by atoms with van der Waals surface area (Å²) in [6.45, 7) is 4.19. The predicted molar refractivity (Wildman–Crippen MR) is 93.5 cm³/mol. The highest BCUT2D eigenvalue weighted by Gasteiger charge is 2.53. The molecular weight excluding hydrogens is 328 g/mol. The van der Waals surface area contributed by atoms with Crippen LogP contribution in [0, 0.1) is 10.1 Å². The fraction of sp³-hybridized carbons (Fsp3) is 0.571. The van der Waals surface area contributed by atoms with Gasteiger partial charge in [-0.05, 0) is 32.5 Å². The first-order valence-electron chi connectivity index (χ1n) is 7.82. The summed E-state index contributed by atoms with van der Waals surface area (Å²) in [5.41, 5.74) is -2.93. The second-order valence-electron chi connectivity index (χ2n) is 7.72. The van der Waals surface area contributed by atoms with Gasteiger partial charge in [0.25, 0.3) is 5.69 Å². The van der Waals surface area contributed by atoms with E-state index in [4.69, 9.17) is 4.74 Å². The Morgan fingerprint density at radius 2 is 2.12 bits per heavy atom. The van der Waals surface area contributed by atoms with Crippen molar-refractivity contribution in [2.75, 3.05) is 6.61 Å². The average molecular weight is 349 g/mol. The Bertz CT molecular complexity index is 721. The molecule has 1 amide bonds.